The van der Waals surface area contributed by atoms with Gasteiger partial charge in [0.05, 0.1) is 11.6 Å². The Bertz CT molecular complexity index is 1170. The molecule has 3 aromatic heterocycles. The first kappa shape index (κ1) is 17.7. The van der Waals surface area contributed by atoms with Gasteiger partial charge >= 0.3 is 5.97 Å². The fourth-order valence-electron chi connectivity index (χ4n) is 4.39. The van der Waals surface area contributed by atoms with E-state index >= 15 is 0 Å². The molecule has 0 radical (unpaired) electrons. The average molecular weight is 390 g/mol. The molecule has 0 unspecified atom stereocenters. The molecule has 1 aromatic carbocycles. The summed E-state index contributed by atoms with van der Waals surface area (Å²) in [5.41, 5.74) is 3.61. The Hall–Kier alpha value is -3.42. The highest BCUT2D eigenvalue weighted by molar-refractivity contribution is 5.91. The average Bonchev–Trinajstić information content (AvgIpc) is 3.35. The molecule has 148 valence electrons. The third-order valence-electron chi connectivity index (χ3n) is 5.92. The summed E-state index contributed by atoms with van der Waals surface area (Å²) in [5, 5.41) is 18.1. The van der Waals surface area contributed by atoms with E-state index in [4.69, 9.17) is 4.98 Å². The van der Waals surface area contributed by atoms with Crippen LogP contribution in [0.2, 0.25) is 0 Å². The van der Waals surface area contributed by atoms with Crippen molar-refractivity contribution in [3.8, 4) is 11.4 Å². The maximum atomic E-state index is 11.3. The molecule has 1 aliphatic rings. The second-order valence-electron chi connectivity index (χ2n) is 7.59. The summed E-state index contributed by atoms with van der Waals surface area (Å²) in [6, 6.07) is 10.2. The van der Waals surface area contributed by atoms with Gasteiger partial charge in [0.1, 0.15) is 23.4 Å². The van der Waals surface area contributed by atoms with Crippen LogP contribution >= 0.6 is 0 Å². The number of imidazole rings is 1. The van der Waals surface area contributed by atoms with E-state index in [0.717, 1.165) is 46.5 Å². The van der Waals surface area contributed by atoms with Crippen LogP contribution in [0.1, 0.15) is 37.4 Å². The Labute approximate surface area is 167 Å². The highest BCUT2D eigenvalue weighted by Gasteiger charge is 2.31. The van der Waals surface area contributed by atoms with Gasteiger partial charge in [-0.2, -0.15) is 5.10 Å². The summed E-state index contributed by atoms with van der Waals surface area (Å²) in [6.07, 6.45) is 4.45. The predicted molar refractivity (Wildman–Crippen MR) is 110 cm³/mol. The maximum absolute atomic E-state index is 11.3. The first-order valence-corrected chi connectivity index (χ1v) is 9.88. The molecule has 1 aliphatic carbocycles. The predicted octanol–water partition coefficient (Wildman–Crippen LogP) is 3.67. The van der Waals surface area contributed by atoms with Crippen LogP contribution in [0.25, 0.3) is 27.8 Å². The van der Waals surface area contributed by atoms with E-state index in [2.05, 4.69) is 32.5 Å². The fraction of sp³-hybridized carbons (Fsp3) is 0.333. The van der Waals surface area contributed by atoms with E-state index < -0.39 is 5.97 Å². The number of hydrogen-bond donors (Lipinski definition) is 3. The molecule has 0 amide bonds. The number of H-pyrrole nitrogens is 1. The number of aromatic amines is 1. The molecule has 8 heteroatoms. The Morgan fingerprint density at radius 3 is 2.76 bits per heavy atom. The Balaban J connectivity index is 1.64. The lowest BCUT2D eigenvalue weighted by Gasteiger charge is -2.24. The third kappa shape index (κ3) is 2.91. The zero-order valence-electron chi connectivity index (χ0n) is 16.1. The molecule has 1 saturated carbocycles. The summed E-state index contributed by atoms with van der Waals surface area (Å²) >= 11 is 0. The van der Waals surface area contributed by atoms with Crippen LogP contribution < -0.4 is 5.32 Å². The van der Waals surface area contributed by atoms with Crippen LogP contribution in [0.5, 0.6) is 0 Å². The molecule has 4 aromatic rings. The van der Waals surface area contributed by atoms with Crippen molar-refractivity contribution in [1.82, 2.24) is 24.6 Å². The van der Waals surface area contributed by atoms with Crippen LogP contribution in [0.4, 0.5) is 5.82 Å². The number of nitrogens with zero attached hydrogens (tertiary/aromatic N) is 4. The van der Waals surface area contributed by atoms with Crippen molar-refractivity contribution in [3.05, 3.63) is 42.5 Å². The zero-order chi connectivity index (χ0) is 20.0. The lowest BCUT2D eigenvalue weighted by atomic mass is 9.82. The van der Waals surface area contributed by atoms with Gasteiger partial charge in [-0.25, -0.2) is 14.5 Å². The van der Waals surface area contributed by atoms with Gasteiger partial charge in [-0.15, -0.1) is 0 Å². The van der Waals surface area contributed by atoms with Crippen LogP contribution in [-0.4, -0.2) is 42.7 Å². The van der Waals surface area contributed by atoms with Crippen LogP contribution in [0.3, 0.4) is 0 Å². The molecule has 1 fully saturated rings. The summed E-state index contributed by atoms with van der Waals surface area (Å²) in [7, 11) is 1.84. The van der Waals surface area contributed by atoms with Crippen molar-refractivity contribution in [2.24, 2.45) is 5.92 Å². The monoisotopic (exact) mass is 390 g/mol. The van der Waals surface area contributed by atoms with E-state index in [0.29, 0.717) is 18.7 Å². The van der Waals surface area contributed by atoms with Crippen molar-refractivity contribution in [2.75, 3.05) is 12.4 Å². The van der Waals surface area contributed by atoms with Gasteiger partial charge in [0.15, 0.2) is 5.82 Å². The van der Waals surface area contributed by atoms with Crippen LogP contribution in [0.15, 0.2) is 36.7 Å². The van der Waals surface area contributed by atoms with Crippen molar-refractivity contribution in [1.29, 1.82) is 0 Å². The number of hydrogen-bond acceptors (Lipinski definition) is 5. The Morgan fingerprint density at radius 1 is 1.24 bits per heavy atom. The van der Waals surface area contributed by atoms with Gasteiger partial charge < -0.3 is 15.4 Å². The minimum absolute atomic E-state index is 0.177. The Morgan fingerprint density at radius 2 is 2.03 bits per heavy atom. The highest BCUT2D eigenvalue weighted by Crippen LogP contribution is 2.38. The summed E-state index contributed by atoms with van der Waals surface area (Å²) in [4.78, 5) is 24.2. The number of aliphatic carboxylic acids is 1. The minimum Gasteiger partial charge on any atom is -0.481 e. The number of carboxylic acids is 1. The third-order valence-corrected chi connectivity index (χ3v) is 5.92. The number of para-hydroxylation sites is 1. The summed E-state index contributed by atoms with van der Waals surface area (Å²) in [6.45, 7) is 0. The molecule has 0 aliphatic heterocycles. The maximum Gasteiger partial charge on any atom is 0.306 e. The number of fused-ring (bicyclic) bond motifs is 2. The number of rotatable bonds is 4. The van der Waals surface area contributed by atoms with Crippen molar-refractivity contribution >= 4 is 28.2 Å². The fourth-order valence-corrected chi connectivity index (χ4v) is 4.39. The molecule has 5 rings (SSSR count). The lowest BCUT2D eigenvalue weighted by molar-refractivity contribution is -0.142. The number of aromatic nitrogens is 5. The number of carbonyl (C=O) groups is 1. The zero-order valence-corrected chi connectivity index (χ0v) is 16.1. The topological polar surface area (TPSA) is 108 Å². The number of benzene rings is 1. The lowest BCUT2D eigenvalue weighted by Crippen LogP contribution is -2.21. The molecule has 0 saturated heterocycles. The first-order chi connectivity index (χ1) is 14.2. The second kappa shape index (κ2) is 6.88. The largest absolute Gasteiger partial charge is 0.481 e. The van der Waals surface area contributed by atoms with E-state index in [1.807, 2.05) is 29.8 Å². The number of carboxylic acid groups (broad SMARTS) is 1. The van der Waals surface area contributed by atoms with Crippen molar-refractivity contribution in [3.63, 3.8) is 0 Å². The van der Waals surface area contributed by atoms with Gasteiger partial charge in [0.2, 0.25) is 0 Å². The van der Waals surface area contributed by atoms with E-state index in [1.54, 1.807) is 0 Å². The van der Waals surface area contributed by atoms with Gasteiger partial charge in [0, 0.05) is 23.9 Å². The van der Waals surface area contributed by atoms with Crippen molar-refractivity contribution in [2.45, 2.75) is 31.6 Å². The molecular formula is C21H22N6O2. The molecular weight excluding hydrogens is 368 g/mol. The number of nitrogens with one attached hydrogen (secondary N) is 2. The molecule has 8 nitrogen and oxygen atoms in total. The second-order valence-corrected chi connectivity index (χ2v) is 7.59. The highest BCUT2D eigenvalue weighted by atomic mass is 16.4. The van der Waals surface area contributed by atoms with Crippen LogP contribution in [-0.2, 0) is 4.79 Å². The SMILES string of the molecule is CNc1ncnn2c1c(-c1cc3ccccc3[nH]1)nc2[C@H]1CC[C@H](C(=O)O)CC1. The van der Waals surface area contributed by atoms with E-state index in [1.165, 1.54) is 6.33 Å². The van der Waals surface area contributed by atoms with Gasteiger partial charge in [-0.3, -0.25) is 4.79 Å². The van der Waals surface area contributed by atoms with Gasteiger partial charge in [0.25, 0.3) is 0 Å². The first-order valence-electron chi connectivity index (χ1n) is 9.88. The van der Waals surface area contributed by atoms with Crippen molar-refractivity contribution < 1.29 is 9.90 Å². The molecule has 3 heterocycles. The summed E-state index contributed by atoms with van der Waals surface area (Å²) < 4.78 is 1.87. The molecule has 0 spiro atoms. The summed E-state index contributed by atoms with van der Waals surface area (Å²) in [5.74, 6) is 0.807. The van der Waals surface area contributed by atoms with Crippen LogP contribution in [0, 0.1) is 5.92 Å². The molecule has 0 atom stereocenters. The Kier molecular flexibility index (Phi) is 4.19. The molecule has 29 heavy (non-hydrogen) atoms. The molecule has 0 bridgehead atoms. The normalized spacial score (nSPS) is 19.6. The van der Waals surface area contributed by atoms with Gasteiger partial charge in [-0.05, 0) is 37.8 Å². The van der Waals surface area contributed by atoms with Gasteiger partial charge in [-0.1, -0.05) is 18.2 Å². The molecule has 3 N–H and O–H groups in total. The number of anilines is 1. The van der Waals surface area contributed by atoms with E-state index in [9.17, 15) is 9.90 Å². The quantitative estimate of drug-likeness (QED) is 0.491. The minimum atomic E-state index is -0.699. The van der Waals surface area contributed by atoms with E-state index in [-0.39, 0.29) is 11.8 Å². The standard InChI is InChI=1S/C21H22N6O2/c1-22-19-18-17(16-10-14-4-2-3-5-15(14)25-16)26-20(27(18)24-11-23-19)12-6-8-13(9-7-12)21(28)29/h2-5,10-13,25H,6-9H2,1H3,(H,28,29)(H,22,23,24)/t12-,13-. The smallest absolute Gasteiger partial charge is 0.306 e.